The standard InChI is InChI=1S/C11H13NO5/c13-6-10(17-8-14)12-11(15)16-7-9-4-2-1-3-5-9/h1-5,8,10,13H,6-7H2,(H,12,15)/t10-/m1/s1. The Morgan fingerprint density at radius 3 is 2.71 bits per heavy atom. The molecule has 1 aromatic rings. The van der Waals surface area contributed by atoms with Crippen LogP contribution >= 0.6 is 0 Å². The SMILES string of the molecule is O=CO[C@H](CO)NC(=O)OCc1ccccc1. The van der Waals surface area contributed by atoms with Gasteiger partial charge < -0.3 is 14.6 Å². The van der Waals surface area contributed by atoms with Crippen LogP contribution in [-0.4, -0.2) is 30.5 Å². The largest absolute Gasteiger partial charge is 0.445 e. The van der Waals surface area contributed by atoms with Gasteiger partial charge in [0.05, 0.1) is 6.61 Å². The van der Waals surface area contributed by atoms with Gasteiger partial charge in [-0.15, -0.1) is 0 Å². The van der Waals surface area contributed by atoms with Gasteiger partial charge in [0.1, 0.15) is 6.61 Å². The van der Waals surface area contributed by atoms with Crippen LogP contribution in [-0.2, 0) is 20.9 Å². The van der Waals surface area contributed by atoms with Crippen LogP contribution in [0.4, 0.5) is 4.79 Å². The van der Waals surface area contributed by atoms with Gasteiger partial charge in [0.2, 0.25) is 6.23 Å². The molecule has 1 atom stereocenters. The molecule has 1 amide bonds. The summed E-state index contributed by atoms with van der Waals surface area (Å²) in [6.07, 6.45) is -1.86. The fraction of sp³-hybridized carbons (Fsp3) is 0.273. The van der Waals surface area contributed by atoms with E-state index in [9.17, 15) is 9.59 Å². The Morgan fingerprint density at radius 1 is 1.41 bits per heavy atom. The number of hydrogen-bond acceptors (Lipinski definition) is 5. The highest BCUT2D eigenvalue weighted by atomic mass is 16.6. The molecule has 0 spiro atoms. The highest BCUT2D eigenvalue weighted by Crippen LogP contribution is 2.00. The first kappa shape index (κ1) is 13.0. The van der Waals surface area contributed by atoms with Gasteiger partial charge in [0.25, 0.3) is 6.47 Å². The minimum absolute atomic E-state index is 0.103. The highest BCUT2D eigenvalue weighted by molar-refractivity contribution is 5.67. The Labute approximate surface area is 98.2 Å². The molecule has 0 saturated carbocycles. The van der Waals surface area contributed by atoms with E-state index in [4.69, 9.17) is 9.84 Å². The maximum atomic E-state index is 11.2. The van der Waals surface area contributed by atoms with Gasteiger partial charge in [-0.3, -0.25) is 10.1 Å². The van der Waals surface area contributed by atoms with Crippen molar-refractivity contribution in [3.63, 3.8) is 0 Å². The number of ether oxygens (including phenoxy) is 2. The number of nitrogens with one attached hydrogen (secondary N) is 1. The number of aliphatic hydroxyl groups excluding tert-OH is 1. The molecule has 0 saturated heterocycles. The Balaban J connectivity index is 2.32. The predicted molar refractivity (Wildman–Crippen MR) is 57.8 cm³/mol. The minimum atomic E-state index is -1.09. The lowest BCUT2D eigenvalue weighted by Gasteiger charge is -2.13. The van der Waals surface area contributed by atoms with Crippen LogP contribution in [0.5, 0.6) is 0 Å². The third-order valence-corrected chi connectivity index (χ3v) is 1.88. The molecular formula is C11H13NO5. The average Bonchev–Trinajstić information content (AvgIpc) is 2.37. The molecule has 0 unspecified atom stereocenters. The Morgan fingerprint density at radius 2 is 2.12 bits per heavy atom. The Hall–Kier alpha value is -2.08. The van der Waals surface area contributed by atoms with Crippen molar-refractivity contribution in [2.24, 2.45) is 0 Å². The molecule has 0 radical (unpaired) electrons. The van der Waals surface area contributed by atoms with E-state index in [2.05, 4.69) is 10.1 Å². The summed E-state index contributed by atoms with van der Waals surface area (Å²) in [5.41, 5.74) is 0.833. The van der Waals surface area contributed by atoms with Crippen molar-refractivity contribution in [2.45, 2.75) is 12.8 Å². The van der Waals surface area contributed by atoms with E-state index in [1.165, 1.54) is 0 Å². The van der Waals surface area contributed by atoms with Crippen LogP contribution in [0.1, 0.15) is 5.56 Å². The number of hydrogen-bond donors (Lipinski definition) is 2. The van der Waals surface area contributed by atoms with Gasteiger partial charge >= 0.3 is 6.09 Å². The predicted octanol–water partition coefficient (Wildman–Crippen LogP) is 0.404. The van der Waals surface area contributed by atoms with Gasteiger partial charge in [0, 0.05) is 0 Å². The zero-order valence-corrected chi connectivity index (χ0v) is 9.04. The van der Waals surface area contributed by atoms with Crippen molar-refractivity contribution in [3.8, 4) is 0 Å². The van der Waals surface area contributed by atoms with Gasteiger partial charge in [0.15, 0.2) is 0 Å². The molecule has 92 valence electrons. The third kappa shape index (κ3) is 4.98. The van der Waals surface area contributed by atoms with Crippen LogP contribution in [0.15, 0.2) is 30.3 Å². The summed E-state index contributed by atoms with van der Waals surface area (Å²) in [4.78, 5) is 21.2. The quantitative estimate of drug-likeness (QED) is 0.554. The molecule has 6 nitrogen and oxygen atoms in total. The topological polar surface area (TPSA) is 84.9 Å². The first-order valence-corrected chi connectivity index (χ1v) is 4.93. The second-order valence-corrected chi connectivity index (χ2v) is 3.11. The zero-order chi connectivity index (χ0) is 12.5. The van der Waals surface area contributed by atoms with E-state index in [0.29, 0.717) is 0 Å². The summed E-state index contributed by atoms with van der Waals surface area (Å²) >= 11 is 0. The minimum Gasteiger partial charge on any atom is -0.445 e. The number of benzene rings is 1. The van der Waals surface area contributed by atoms with Crippen LogP contribution in [0.25, 0.3) is 0 Å². The van der Waals surface area contributed by atoms with Crippen molar-refractivity contribution in [2.75, 3.05) is 6.61 Å². The van der Waals surface area contributed by atoms with E-state index < -0.39 is 18.9 Å². The number of amides is 1. The molecule has 1 rings (SSSR count). The molecule has 6 heteroatoms. The van der Waals surface area contributed by atoms with Crippen LogP contribution in [0.3, 0.4) is 0 Å². The van der Waals surface area contributed by atoms with Crippen molar-refractivity contribution >= 4 is 12.6 Å². The summed E-state index contributed by atoms with van der Waals surface area (Å²) in [6, 6.07) is 9.10. The van der Waals surface area contributed by atoms with Crippen molar-refractivity contribution < 1.29 is 24.2 Å². The van der Waals surface area contributed by atoms with Crippen LogP contribution in [0, 0.1) is 0 Å². The molecule has 0 fully saturated rings. The van der Waals surface area contributed by atoms with Crippen molar-refractivity contribution in [1.82, 2.24) is 5.32 Å². The smallest absolute Gasteiger partial charge is 0.410 e. The second-order valence-electron chi connectivity index (χ2n) is 3.11. The zero-order valence-electron chi connectivity index (χ0n) is 9.04. The molecule has 0 aliphatic carbocycles. The number of carbonyl (C=O) groups excluding carboxylic acids is 2. The monoisotopic (exact) mass is 239 g/mol. The number of carbonyl (C=O) groups is 2. The van der Waals surface area contributed by atoms with E-state index in [0.717, 1.165) is 5.56 Å². The molecule has 0 heterocycles. The lowest BCUT2D eigenvalue weighted by molar-refractivity contribution is -0.136. The molecule has 0 bridgehead atoms. The number of rotatable bonds is 6. The van der Waals surface area contributed by atoms with Crippen molar-refractivity contribution in [3.05, 3.63) is 35.9 Å². The van der Waals surface area contributed by atoms with E-state index in [-0.39, 0.29) is 13.1 Å². The van der Waals surface area contributed by atoms with E-state index in [1.807, 2.05) is 18.2 Å². The fourth-order valence-corrected chi connectivity index (χ4v) is 1.09. The van der Waals surface area contributed by atoms with Crippen LogP contribution in [0.2, 0.25) is 0 Å². The normalized spacial score (nSPS) is 11.4. The first-order chi connectivity index (χ1) is 8.26. The number of alkyl carbamates (subject to hydrolysis) is 1. The fourth-order valence-electron chi connectivity index (χ4n) is 1.09. The molecule has 2 N–H and O–H groups in total. The second kappa shape index (κ2) is 7.24. The van der Waals surface area contributed by atoms with Gasteiger partial charge in [-0.2, -0.15) is 0 Å². The van der Waals surface area contributed by atoms with Crippen molar-refractivity contribution in [1.29, 1.82) is 0 Å². The summed E-state index contributed by atoms with van der Waals surface area (Å²) in [5, 5.41) is 10.9. The Bertz CT molecular complexity index is 354. The Kier molecular flexibility index (Phi) is 5.53. The molecule has 0 aromatic heterocycles. The highest BCUT2D eigenvalue weighted by Gasteiger charge is 2.12. The first-order valence-electron chi connectivity index (χ1n) is 4.93. The molecular weight excluding hydrogens is 226 g/mol. The van der Waals surface area contributed by atoms with E-state index >= 15 is 0 Å². The van der Waals surface area contributed by atoms with Gasteiger partial charge in [-0.25, -0.2) is 4.79 Å². The maximum Gasteiger partial charge on any atom is 0.410 e. The van der Waals surface area contributed by atoms with Crippen LogP contribution < -0.4 is 5.32 Å². The third-order valence-electron chi connectivity index (χ3n) is 1.88. The number of aliphatic hydroxyl groups is 1. The van der Waals surface area contributed by atoms with Gasteiger partial charge in [-0.1, -0.05) is 30.3 Å². The van der Waals surface area contributed by atoms with Gasteiger partial charge in [-0.05, 0) is 5.56 Å². The average molecular weight is 239 g/mol. The summed E-state index contributed by atoms with van der Waals surface area (Å²) < 4.78 is 9.22. The lowest BCUT2D eigenvalue weighted by Crippen LogP contribution is -2.39. The summed E-state index contributed by atoms with van der Waals surface area (Å²) in [7, 11) is 0. The lowest BCUT2D eigenvalue weighted by atomic mass is 10.2. The maximum absolute atomic E-state index is 11.2. The molecule has 0 aliphatic rings. The summed E-state index contributed by atoms with van der Waals surface area (Å²) in [5.74, 6) is 0. The molecule has 1 aromatic carbocycles. The summed E-state index contributed by atoms with van der Waals surface area (Å²) in [6.45, 7) is -0.274. The molecule has 17 heavy (non-hydrogen) atoms. The molecule has 0 aliphatic heterocycles. The van der Waals surface area contributed by atoms with E-state index in [1.54, 1.807) is 12.1 Å².